The van der Waals surface area contributed by atoms with Gasteiger partial charge in [-0.25, -0.2) is 8.78 Å². The summed E-state index contributed by atoms with van der Waals surface area (Å²) in [5.74, 6) is -1.84. The minimum atomic E-state index is -0.919. The Balaban J connectivity index is 2.14. The van der Waals surface area contributed by atoms with Crippen LogP contribution in [0, 0.1) is 27.2 Å². The van der Waals surface area contributed by atoms with Crippen LogP contribution < -0.4 is 5.32 Å². The zero-order valence-corrected chi connectivity index (χ0v) is 10.7. The molecule has 104 valence electrons. The van der Waals surface area contributed by atoms with E-state index < -0.39 is 22.2 Å². The number of rotatable bonds is 5. The Morgan fingerprint density at radius 2 is 1.95 bits per heavy atom. The van der Waals surface area contributed by atoms with Crippen LogP contribution in [-0.2, 0) is 0 Å². The van der Waals surface area contributed by atoms with Gasteiger partial charge in [-0.1, -0.05) is 13.3 Å². The highest BCUT2D eigenvalue weighted by Crippen LogP contribution is 2.44. The van der Waals surface area contributed by atoms with Crippen molar-refractivity contribution in [3.63, 3.8) is 0 Å². The van der Waals surface area contributed by atoms with Crippen LogP contribution in [0.3, 0.4) is 0 Å². The molecule has 1 aliphatic rings. The summed E-state index contributed by atoms with van der Waals surface area (Å²) in [6.07, 6.45) is 4.19. The first-order valence-electron chi connectivity index (χ1n) is 6.35. The Kier molecular flexibility index (Phi) is 3.68. The largest absolute Gasteiger partial charge is 0.380 e. The lowest BCUT2D eigenvalue weighted by Crippen LogP contribution is -2.36. The molecule has 0 radical (unpaired) electrons. The summed E-state index contributed by atoms with van der Waals surface area (Å²) < 4.78 is 27.3. The fourth-order valence-corrected chi connectivity index (χ4v) is 2.44. The molecule has 4 nitrogen and oxygen atoms in total. The molecule has 0 amide bonds. The van der Waals surface area contributed by atoms with E-state index in [1.165, 1.54) is 0 Å². The summed E-state index contributed by atoms with van der Waals surface area (Å²) in [5, 5.41) is 13.3. The lowest BCUT2D eigenvalue weighted by atomic mass is 9.67. The average molecular weight is 270 g/mol. The third-order valence-electron chi connectivity index (χ3n) is 4.04. The van der Waals surface area contributed by atoms with Crippen molar-refractivity contribution >= 4 is 11.4 Å². The third kappa shape index (κ3) is 2.67. The van der Waals surface area contributed by atoms with E-state index in [0.29, 0.717) is 6.54 Å². The number of nitrogens with zero attached hydrogens (tertiary/aromatic N) is 1. The number of nitro groups is 1. The molecule has 0 aromatic heterocycles. The summed E-state index contributed by atoms with van der Waals surface area (Å²) in [6, 6.07) is 1.48. The number of nitrogens with one attached hydrogen (secondary N) is 1. The quantitative estimate of drug-likeness (QED) is 0.652. The zero-order chi connectivity index (χ0) is 14.0. The van der Waals surface area contributed by atoms with Crippen LogP contribution in [-0.4, -0.2) is 11.5 Å². The topological polar surface area (TPSA) is 55.2 Å². The molecule has 1 fully saturated rings. The van der Waals surface area contributed by atoms with Crippen molar-refractivity contribution < 1.29 is 13.7 Å². The van der Waals surface area contributed by atoms with E-state index in [4.69, 9.17) is 0 Å². The molecule has 0 heterocycles. The predicted octanol–water partition coefficient (Wildman–Crippen LogP) is 3.87. The van der Waals surface area contributed by atoms with Gasteiger partial charge in [-0.2, -0.15) is 0 Å². The lowest BCUT2D eigenvalue weighted by Gasteiger charge is -2.41. The summed E-state index contributed by atoms with van der Waals surface area (Å²) in [6.45, 7) is 2.55. The third-order valence-corrected chi connectivity index (χ3v) is 4.04. The van der Waals surface area contributed by atoms with Crippen molar-refractivity contribution in [1.29, 1.82) is 0 Å². The molecule has 0 atom stereocenters. The van der Waals surface area contributed by atoms with E-state index in [2.05, 4.69) is 12.2 Å². The minimum Gasteiger partial charge on any atom is -0.380 e. The number of halogens is 2. The van der Waals surface area contributed by atoms with Crippen LogP contribution in [0.1, 0.15) is 32.6 Å². The second-order valence-electron chi connectivity index (χ2n) is 5.10. The van der Waals surface area contributed by atoms with Gasteiger partial charge in [0.1, 0.15) is 5.69 Å². The van der Waals surface area contributed by atoms with Gasteiger partial charge in [0.15, 0.2) is 11.6 Å². The van der Waals surface area contributed by atoms with E-state index in [9.17, 15) is 18.9 Å². The van der Waals surface area contributed by atoms with E-state index >= 15 is 0 Å². The van der Waals surface area contributed by atoms with Crippen LogP contribution in [0.25, 0.3) is 0 Å². The van der Waals surface area contributed by atoms with Gasteiger partial charge < -0.3 is 5.32 Å². The first-order valence-corrected chi connectivity index (χ1v) is 6.35. The minimum absolute atomic E-state index is 0.112. The highest BCUT2D eigenvalue weighted by Gasteiger charge is 2.35. The Hall–Kier alpha value is -1.72. The highest BCUT2D eigenvalue weighted by atomic mass is 19.1. The van der Waals surface area contributed by atoms with Crippen LogP contribution in [0.2, 0.25) is 0 Å². The Labute approximate surface area is 110 Å². The molecule has 6 heteroatoms. The molecule has 0 unspecified atom stereocenters. The van der Waals surface area contributed by atoms with Gasteiger partial charge >= 0.3 is 0 Å². The summed E-state index contributed by atoms with van der Waals surface area (Å²) in [4.78, 5) is 9.68. The number of hydrogen-bond donors (Lipinski definition) is 1. The Bertz CT molecular complexity index is 473. The summed E-state index contributed by atoms with van der Waals surface area (Å²) in [7, 11) is 0. The standard InChI is InChI=1S/C13H16F2N2O2/c1-2-13(4-3-5-13)8-16-12-10(14)6-9(17(18)19)7-11(12)15/h6-7,16H,2-5,8H2,1H3. The number of hydrogen-bond acceptors (Lipinski definition) is 3. The molecule has 0 bridgehead atoms. The predicted molar refractivity (Wildman–Crippen MR) is 68.1 cm³/mol. The fourth-order valence-electron chi connectivity index (χ4n) is 2.44. The monoisotopic (exact) mass is 270 g/mol. The molecule has 0 saturated heterocycles. The fraction of sp³-hybridized carbons (Fsp3) is 0.538. The molecule has 2 rings (SSSR count). The van der Waals surface area contributed by atoms with Crippen molar-refractivity contribution in [1.82, 2.24) is 0 Å². The van der Waals surface area contributed by atoms with Crippen molar-refractivity contribution in [2.75, 3.05) is 11.9 Å². The normalized spacial score (nSPS) is 16.8. The second kappa shape index (κ2) is 5.11. The number of anilines is 1. The van der Waals surface area contributed by atoms with Gasteiger partial charge in [0.25, 0.3) is 5.69 Å². The molecule has 19 heavy (non-hydrogen) atoms. The number of benzene rings is 1. The molecule has 1 aromatic rings. The number of non-ortho nitro benzene ring substituents is 1. The summed E-state index contributed by atoms with van der Waals surface area (Å²) in [5.41, 5.74) is -0.736. The van der Waals surface area contributed by atoms with Gasteiger partial charge in [0, 0.05) is 6.54 Å². The smallest absolute Gasteiger partial charge is 0.275 e. The first kappa shape index (κ1) is 13.7. The van der Waals surface area contributed by atoms with E-state index in [1.807, 2.05) is 0 Å². The molecule has 1 aromatic carbocycles. The molecule has 1 saturated carbocycles. The Morgan fingerprint density at radius 1 is 1.37 bits per heavy atom. The SMILES string of the molecule is CCC1(CNc2c(F)cc([N+](=O)[O-])cc2F)CCC1. The van der Waals surface area contributed by atoms with Crippen molar-refractivity contribution in [2.24, 2.45) is 5.41 Å². The van der Waals surface area contributed by atoms with Crippen molar-refractivity contribution in [3.8, 4) is 0 Å². The van der Waals surface area contributed by atoms with Crippen molar-refractivity contribution in [2.45, 2.75) is 32.6 Å². The molecular weight excluding hydrogens is 254 g/mol. The maximum atomic E-state index is 13.7. The highest BCUT2D eigenvalue weighted by molar-refractivity contribution is 5.51. The van der Waals surface area contributed by atoms with Crippen molar-refractivity contribution in [3.05, 3.63) is 33.9 Å². The summed E-state index contributed by atoms with van der Waals surface area (Å²) >= 11 is 0. The van der Waals surface area contributed by atoms with Crippen LogP contribution >= 0.6 is 0 Å². The van der Waals surface area contributed by atoms with Crippen LogP contribution in [0.5, 0.6) is 0 Å². The molecule has 1 N–H and O–H groups in total. The van der Waals surface area contributed by atoms with Crippen LogP contribution in [0.15, 0.2) is 12.1 Å². The Morgan fingerprint density at radius 3 is 2.32 bits per heavy atom. The van der Waals surface area contributed by atoms with E-state index in [1.54, 1.807) is 0 Å². The van der Waals surface area contributed by atoms with Gasteiger partial charge in [0.05, 0.1) is 17.1 Å². The van der Waals surface area contributed by atoms with Gasteiger partial charge in [-0.15, -0.1) is 0 Å². The first-order chi connectivity index (χ1) is 8.97. The molecular formula is C13H16F2N2O2. The molecule has 0 aliphatic heterocycles. The maximum Gasteiger partial charge on any atom is 0.275 e. The average Bonchev–Trinajstić information content (AvgIpc) is 2.30. The number of nitro benzene ring substituents is 1. The molecule has 0 spiro atoms. The lowest BCUT2D eigenvalue weighted by molar-refractivity contribution is -0.385. The van der Waals surface area contributed by atoms with Crippen LogP contribution in [0.4, 0.5) is 20.2 Å². The molecule has 1 aliphatic carbocycles. The van der Waals surface area contributed by atoms with Gasteiger partial charge in [-0.05, 0) is 24.7 Å². The van der Waals surface area contributed by atoms with Gasteiger partial charge in [0.2, 0.25) is 0 Å². The second-order valence-corrected chi connectivity index (χ2v) is 5.10. The van der Waals surface area contributed by atoms with Gasteiger partial charge in [-0.3, -0.25) is 10.1 Å². The van der Waals surface area contributed by atoms with E-state index in [0.717, 1.165) is 37.8 Å². The maximum absolute atomic E-state index is 13.7. The van der Waals surface area contributed by atoms with E-state index in [-0.39, 0.29) is 11.1 Å². The zero-order valence-electron chi connectivity index (χ0n) is 10.7.